The number of carbonyl (C=O) groups is 2. The summed E-state index contributed by atoms with van der Waals surface area (Å²) in [6.07, 6.45) is 0.663. The van der Waals surface area contributed by atoms with Gasteiger partial charge in [-0.2, -0.15) is 0 Å². The van der Waals surface area contributed by atoms with Crippen LogP contribution in [0, 0.1) is 5.92 Å². The molecule has 2 aromatic rings. The fraction of sp³-hybridized carbons (Fsp3) is 0.417. The summed E-state index contributed by atoms with van der Waals surface area (Å²) in [6.45, 7) is 5.96. The second-order valence-corrected chi connectivity index (χ2v) is 8.15. The van der Waals surface area contributed by atoms with Crippen LogP contribution in [0.5, 0.6) is 0 Å². The third-order valence-electron chi connectivity index (χ3n) is 5.52. The van der Waals surface area contributed by atoms with E-state index in [1.165, 1.54) is 0 Å². The highest BCUT2D eigenvalue weighted by molar-refractivity contribution is 5.80. The zero-order valence-corrected chi connectivity index (χ0v) is 17.2. The molecule has 0 aromatic heterocycles. The first-order chi connectivity index (χ1) is 13.8. The van der Waals surface area contributed by atoms with Gasteiger partial charge < -0.3 is 14.2 Å². The van der Waals surface area contributed by atoms with Crippen LogP contribution in [-0.4, -0.2) is 23.1 Å². The van der Waals surface area contributed by atoms with Crippen molar-refractivity contribution in [3.8, 4) is 0 Å². The van der Waals surface area contributed by atoms with Gasteiger partial charge in [0.15, 0.2) is 5.60 Å². The predicted octanol–water partition coefficient (Wildman–Crippen LogP) is 4.44. The van der Waals surface area contributed by atoms with Crippen molar-refractivity contribution in [1.29, 1.82) is 0 Å². The van der Waals surface area contributed by atoms with Gasteiger partial charge in [0, 0.05) is 0 Å². The third kappa shape index (κ3) is 5.24. The smallest absolute Gasteiger partial charge is 0.338 e. The number of hydrogen-bond donors (Lipinski definition) is 0. The second kappa shape index (κ2) is 8.78. The molecule has 1 saturated heterocycles. The lowest BCUT2D eigenvalue weighted by Crippen LogP contribution is -2.43. The van der Waals surface area contributed by atoms with Gasteiger partial charge in [-0.25, -0.2) is 4.79 Å². The SMILES string of the molecule is C[C@@H]1C[C@@](C)(CC(=O)OCc2ccccc2)O[C@@]1(C)C(=O)OCc1ccccc1. The van der Waals surface area contributed by atoms with E-state index in [0.29, 0.717) is 6.42 Å². The van der Waals surface area contributed by atoms with Crippen molar-refractivity contribution in [3.63, 3.8) is 0 Å². The molecule has 5 nitrogen and oxygen atoms in total. The molecule has 0 spiro atoms. The highest BCUT2D eigenvalue weighted by atomic mass is 16.6. The molecule has 1 heterocycles. The summed E-state index contributed by atoms with van der Waals surface area (Å²) in [5.41, 5.74) is -0.0138. The molecule has 0 bridgehead atoms. The van der Waals surface area contributed by atoms with E-state index in [0.717, 1.165) is 11.1 Å². The largest absolute Gasteiger partial charge is 0.461 e. The van der Waals surface area contributed by atoms with Gasteiger partial charge in [-0.15, -0.1) is 0 Å². The number of benzene rings is 2. The Bertz CT molecular complexity index is 835. The summed E-state index contributed by atoms with van der Waals surface area (Å²) >= 11 is 0. The molecule has 0 saturated carbocycles. The summed E-state index contributed by atoms with van der Waals surface area (Å²) in [7, 11) is 0. The molecule has 5 heteroatoms. The minimum Gasteiger partial charge on any atom is -0.461 e. The van der Waals surface area contributed by atoms with Crippen LogP contribution < -0.4 is 0 Å². The monoisotopic (exact) mass is 396 g/mol. The summed E-state index contributed by atoms with van der Waals surface area (Å²) in [6, 6.07) is 19.1. The summed E-state index contributed by atoms with van der Waals surface area (Å²) in [5, 5.41) is 0. The Labute approximate surface area is 172 Å². The van der Waals surface area contributed by atoms with E-state index in [2.05, 4.69) is 0 Å². The summed E-state index contributed by atoms with van der Waals surface area (Å²) in [4.78, 5) is 25.1. The standard InChI is InChI=1S/C24H28O5/c1-18-14-23(2,15-21(25)27-16-19-10-6-4-7-11-19)29-24(18,3)22(26)28-17-20-12-8-5-9-13-20/h4-13,18H,14-17H2,1-3H3/t18-,23+,24-/m1/s1. The van der Waals surface area contributed by atoms with Gasteiger partial charge in [-0.3, -0.25) is 4.79 Å². The Morgan fingerprint density at radius 2 is 1.45 bits per heavy atom. The molecule has 2 aromatic carbocycles. The minimum absolute atomic E-state index is 0.0855. The average Bonchev–Trinajstić information content (AvgIpc) is 2.95. The first kappa shape index (κ1) is 21.1. The molecule has 1 aliphatic heterocycles. The Morgan fingerprint density at radius 1 is 0.931 bits per heavy atom. The minimum atomic E-state index is -1.09. The van der Waals surface area contributed by atoms with Crippen LogP contribution in [0.15, 0.2) is 60.7 Å². The zero-order chi connectivity index (χ0) is 20.9. The maximum Gasteiger partial charge on any atom is 0.338 e. The van der Waals surface area contributed by atoms with Gasteiger partial charge in [0.25, 0.3) is 0 Å². The van der Waals surface area contributed by atoms with Crippen molar-refractivity contribution in [2.45, 2.75) is 58.0 Å². The van der Waals surface area contributed by atoms with Crippen LogP contribution in [0.3, 0.4) is 0 Å². The predicted molar refractivity (Wildman–Crippen MR) is 109 cm³/mol. The molecule has 0 radical (unpaired) electrons. The number of ether oxygens (including phenoxy) is 3. The number of rotatable bonds is 7. The van der Waals surface area contributed by atoms with Crippen molar-refractivity contribution in [2.24, 2.45) is 5.92 Å². The van der Waals surface area contributed by atoms with Crippen LogP contribution in [-0.2, 0) is 37.0 Å². The van der Waals surface area contributed by atoms with Crippen LogP contribution in [0.2, 0.25) is 0 Å². The van der Waals surface area contributed by atoms with E-state index in [9.17, 15) is 9.59 Å². The molecule has 0 N–H and O–H groups in total. The molecule has 1 fully saturated rings. The van der Waals surface area contributed by atoms with Crippen LogP contribution >= 0.6 is 0 Å². The molecule has 0 amide bonds. The maximum absolute atomic E-state index is 12.8. The molecule has 3 atom stereocenters. The number of carbonyl (C=O) groups excluding carboxylic acids is 2. The second-order valence-electron chi connectivity index (χ2n) is 8.15. The molecule has 1 aliphatic rings. The molecular weight excluding hydrogens is 368 g/mol. The van der Waals surface area contributed by atoms with Gasteiger partial charge in [0.2, 0.25) is 0 Å². The quantitative estimate of drug-likeness (QED) is 0.648. The molecule has 3 rings (SSSR count). The van der Waals surface area contributed by atoms with Gasteiger partial charge in [-0.05, 0) is 37.3 Å². The lowest BCUT2D eigenvalue weighted by molar-refractivity contribution is -0.184. The van der Waals surface area contributed by atoms with Crippen molar-refractivity contribution >= 4 is 11.9 Å². The molecule has 29 heavy (non-hydrogen) atoms. The zero-order valence-electron chi connectivity index (χ0n) is 17.2. The van der Waals surface area contributed by atoms with Gasteiger partial charge in [-0.1, -0.05) is 67.6 Å². The van der Waals surface area contributed by atoms with Crippen molar-refractivity contribution < 1.29 is 23.8 Å². The normalized spacial score (nSPS) is 26.1. The molecule has 154 valence electrons. The van der Waals surface area contributed by atoms with E-state index in [1.54, 1.807) is 6.92 Å². The molecular formula is C24H28O5. The Morgan fingerprint density at radius 3 is 2.00 bits per heavy atom. The Kier molecular flexibility index (Phi) is 6.38. The fourth-order valence-electron chi connectivity index (χ4n) is 3.81. The van der Waals surface area contributed by atoms with E-state index in [-0.39, 0.29) is 31.5 Å². The summed E-state index contributed by atoms with van der Waals surface area (Å²) in [5.74, 6) is -0.835. The lowest BCUT2D eigenvalue weighted by atomic mass is 9.86. The average molecular weight is 396 g/mol. The fourth-order valence-corrected chi connectivity index (χ4v) is 3.81. The molecule has 0 unspecified atom stereocenters. The van der Waals surface area contributed by atoms with Crippen molar-refractivity contribution in [1.82, 2.24) is 0 Å². The van der Waals surface area contributed by atoms with Gasteiger partial charge >= 0.3 is 11.9 Å². The number of hydrogen-bond acceptors (Lipinski definition) is 5. The van der Waals surface area contributed by atoms with E-state index >= 15 is 0 Å². The highest BCUT2D eigenvalue weighted by Crippen LogP contribution is 2.44. The van der Waals surface area contributed by atoms with E-state index in [4.69, 9.17) is 14.2 Å². The van der Waals surface area contributed by atoms with Crippen LogP contribution in [0.4, 0.5) is 0 Å². The van der Waals surface area contributed by atoms with Crippen molar-refractivity contribution in [2.75, 3.05) is 0 Å². The summed E-state index contributed by atoms with van der Waals surface area (Å²) < 4.78 is 17.0. The van der Waals surface area contributed by atoms with Gasteiger partial charge in [0.1, 0.15) is 13.2 Å². The highest BCUT2D eigenvalue weighted by Gasteiger charge is 2.55. The first-order valence-corrected chi connectivity index (χ1v) is 9.92. The maximum atomic E-state index is 12.8. The molecule has 0 aliphatic carbocycles. The van der Waals surface area contributed by atoms with Crippen LogP contribution in [0.1, 0.15) is 44.7 Å². The van der Waals surface area contributed by atoms with E-state index < -0.39 is 17.2 Å². The Balaban J connectivity index is 1.56. The third-order valence-corrected chi connectivity index (χ3v) is 5.52. The lowest BCUT2D eigenvalue weighted by Gasteiger charge is -2.29. The van der Waals surface area contributed by atoms with E-state index in [1.807, 2.05) is 74.5 Å². The topological polar surface area (TPSA) is 61.8 Å². The number of esters is 2. The van der Waals surface area contributed by atoms with Gasteiger partial charge in [0.05, 0.1) is 12.0 Å². The van der Waals surface area contributed by atoms with Crippen molar-refractivity contribution in [3.05, 3.63) is 71.8 Å². The van der Waals surface area contributed by atoms with Crippen LogP contribution in [0.25, 0.3) is 0 Å². The first-order valence-electron chi connectivity index (χ1n) is 9.92. The Hall–Kier alpha value is -2.66.